The van der Waals surface area contributed by atoms with Crippen molar-refractivity contribution in [3.8, 4) is 12.1 Å². The summed E-state index contributed by atoms with van der Waals surface area (Å²) in [6.45, 7) is 4.90. The molecule has 1 N–H and O–H groups in total. The molecule has 2 rings (SSSR count). The lowest BCUT2D eigenvalue weighted by atomic mass is 10.1. The van der Waals surface area contributed by atoms with Crippen LogP contribution >= 0.6 is 0 Å². The lowest BCUT2D eigenvalue weighted by Gasteiger charge is -2.08. The Labute approximate surface area is 151 Å². The van der Waals surface area contributed by atoms with Crippen LogP contribution in [0.3, 0.4) is 0 Å². The molecule has 0 saturated heterocycles. The Morgan fingerprint density at radius 3 is 2.54 bits per heavy atom. The zero-order valence-corrected chi connectivity index (χ0v) is 14.9. The van der Waals surface area contributed by atoms with Crippen molar-refractivity contribution in [1.29, 1.82) is 5.26 Å². The van der Waals surface area contributed by atoms with Gasteiger partial charge in [0.15, 0.2) is 0 Å². The predicted octanol–water partition coefficient (Wildman–Crippen LogP) is 2.92. The van der Waals surface area contributed by atoms with Crippen molar-refractivity contribution < 1.29 is 14.4 Å². The van der Waals surface area contributed by atoms with Gasteiger partial charge < -0.3 is 14.8 Å². The molecular weight excluding hydrogens is 338 g/mol. The van der Waals surface area contributed by atoms with Crippen LogP contribution < -0.4 is 10.1 Å². The summed E-state index contributed by atoms with van der Waals surface area (Å²) < 4.78 is 10.1. The fraction of sp³-hybridized carbons (Fsp3) is 0.353. The van der Waals surface area contributed by atoms with E-state index in [1.165, 1.54) is 7.11 Å². The normalized spacial score (nSPS) is 9.46. The summed E-state index contributed by atoms with van der Waals surface area (Å²) >= 11 is 0. The Morgan fingerprint density at radius 2 is 1.96 bits per heavy atom. The number of benzene rings is 1. The SMILES string of the molecule is CC.COCCOc1ncc([N+](=O)[O-])c(NCc2ccc(C#N)cc2)n1. The molecule has 0 saturated carbocycles. The van der Waals surface area contributed by atoms with Crippen LogP contribution in [-0.4, -0.2) is 35.2 Å². The van der Waals surface area contributed by atoms with Crippen LogP contribution in [-0.2, 0) is 11.3 Å². The van der Waals surface area contributed by atoms with E-state index >= 15 is 0 Å². The van der Waals surface area contributed by atoms with E-state index in [1.807, 2.05) is 19.9 Å². The zero-order chi connectivity index (χ0) is 19.4. The Kier molecular flexibility index (Phi) is 9.06. The number of rotatable bonds is 8. The third-order valence-electron chi connectivity index (χ3n) is 3.01. The largest absolute Gasteiger partial charge is 0.461 e. The van der Waals surface area contributed by atoms with E-state index in [2.05, 4.69) is 15.3 Å². The first kappa shape index (κ1) is 20.8. The molecule has 26 heavy (non-hydrogen) atoms. The molecule has 0 atom stereocenters. The van der Waals surface area contributed by atoms with E-state index in [0.29, 0.717) is 18.7 Å². The van der Waals surface area contributed by atoms with Crippen LogP contribution in [0, 0.1) is 21.4 Å². The molecule has 0 bridgehead atoms. The highest BCUT2D eigenvalue weighted by Gasteiger charge is 2.17. The van der Waals surface area contributed by atoms with Crippen LogP contribution in [0.15, 0.2) is 30.5 Å². The van der Waals surface area contributed by atoms with E-state index in [1.54, 1.807) is 24.3 Å². The highest BCUT2D eigenvalue weighted by Crippen LogP contribution is 2.23. The van der Waals surface area contributed by atoms with Crippen molar-refractivity contribution in [2.45, 2.75) is 20.4 Å². The first-order valence-corrected chi connectivity index (χ1v) is 8.00. The fourth-order valence-corrected chi connectivity index (χ4v) is 1.79. The molecular formula is C17H21N5O4. The highest BCUT2D eigenvalue weighted by atomic mass is 16.6. The van der Waals surface area contributed by atoms with Gasteiger partial charge in [-0.15, -0.1) is 0 Å². The Hall–Kier alpha value is -3.25. The van der Waals surface area contributed by atoms with E-state index in [-0.39, 0.29) is 24.1 Å². The average molecular weight is 359 g/mol. The number of hydrogen-bond donors (Lipinski definition) is 1. The van der Waals surface area contributed by atoms with Gasteiger partial charge in [-0.1, -0.05) is 26.0 Å². The first-order valence-electron chi connectivity index (χ1n) is 8.00. The molecule has 0 aliphatic rings. The maximum Gasteiger partial charge on any atom is 0.329 e. The van der Waals surface area contributed by atoms with Crippen LogP contribution in [0.1, 0.15) is 25.0 Å². The zero-order valence-electron chi connectivity index (χ0n) is 14.9. The van der Waals surface area contributed by atoms with Crippen molar-refractivity contribution >= 4 is 11.5 Å². The summed E-state index contributed by atoms with van der Waals surface area (Å²) in [5.41, 5.74) is 1.15. The second-order valence-electron chi connectivity index (χ2n) is 4.65. The van der Waals surface area contributed by atoms with E-state index in [9.17, 15) is 10.1 Å². The van der Waals surface area contributed by atoms with Gasteiger partial charge in [-0.25, -0.2) is 0 Å². The van der Waals surface area contributed by atoms with Gasteiger partial charge in [-0.3, -0.25) is 10.1 Å². The molecule has 0 aliphatic carbocycles. The molecule has 0 radical (unpaired) electrons. The van der Waals surface area contributed by atoms with Gasteiger partial charge in [0.1, 0.15) is 12.8 Å². The van der Waals surface area contributed by atoms with Crippen molar-refractivity contribution in [3.05, 3.63) is 51.7 Å². The molecule has 2 aromatic rings. The van der Waals surface area contributed by atoms with E-state index in [0.717, 1.165) is 11.8 Å². The maximum atomic E-state index is 11.1. The Morgan fingerprint density at radius 1 is 1.27 bits per heavy atom. The third kappa shape index (κ3) is 6.33. The third-order valence-corrected chi connectivity index (χ3v) is 3.01. The van der Waals surface area contributed by atoms with Crippen LogP contribution in [0.4, 0.5) is 11.5 Å². The Bertz CT molecular complexity index is 744. The molecule has 0 spiro atoms. The molecule has 0 fully saturated rings. The summed E-state index contributed by atoms with van der Waals surface area (Å²) in [6.07, 6.45) is 1.09. The van der Waals surface area contributed by atoms with Gasteiger partial charge in [0.05, 0.1) is 23.2 Å². The number of nitro groups is 1. The summed E-state index contributed by atoms with van der Waals surface area (Å²) in [7, 11) is 1.53. The molecule has 1 heterocycles. The monoisotopic (exact) mass is 359 g/mol. The van der Waals surface area contributed by atoms with Crippen molar-refractivity contribution in [3.63, 3.8) is 0 Å². The van der Waals surface area contributed by atoms with Crippen LogP contribution in [0.2, 0.25) is 0 Å². The van der Waals surface area contributed by atoms with E-state index < -0.39 is 4.92 Å². The van der Waals surface area contributed by atoms with Gasteiger partial charge in [0, 0.05) is 13.7 Å². The second-order valence-corrected chi connectivity index (χ2v) is 4.65. The summed E-state index contributed by atoms with van der Waals surface area (Å²) in [5.74, 6) is 0.0618. The quantitative estimate of drug-likeness (QED) is 0.433. The standard InChI is InChI=1S/C15H15N5O4.C2H6/c1-23-6-7-24-15-18-10-13(20(21)22)14(19-15)17-9-12-4-2-11(8-16)3-5-12;1-2/h2-5,10H,6-7,9H2,1H3,(H,17,18,19);1-2H3. The summed E-state index contributed by atoms with van der Waals surface area (Å²) in [4.78, 5) is 18.3. The van der Waals surface area contributed by atoms with Gasteiger partial charge in [0.2, 0.25) is 5.82 Å². The smallest absolute Gasteiger partial charge is 0.329 e. The topological polar surface area (TPSA) is 123 Å². The first-order chi connectivity index (χ1) is 12.6. The Balaban J connectivity index is 0.00000163. The molecule has 1 aromatic heterocycles. The number of hydrogen-bond acceptors (Lipinski definition) is 8. The number of nitrogens with zero attached hydrogens (tertiary/aromatic N) is 4. The summed E-state index contributed by atoms with van der Waals surface area (Å²) in [5, 5.41) is 22.7. The molecule has 138 valence electrons. The van der Waals surface area contributed by atoms with Gasteiger partial charge in [-0.05, 0) is 17.7 Å². The molecule has 0 amide bonds. The maximum absolute atomic E-state index is 11.1. The number of anilines is 1. The number of ether oxygens (including phenoxy) is 2. The number of nitrogens with one attached hydrogen (secondary N) is 1. The van der Waals surface area contributed by atoms with Crippen molar-refractivity contribution in [2.75, 3.05) is 25.6 Å². The molecule has 0 unspecified atom stereocenters. The number of methoxy groups -OCH3 is 1. The second kappa shape index (κ2) is 11.3. The van der Waals surface area contributed by atoms with Gasteiger partial charge in [-0.2, -0.15) is 15.2 Å². The number of aromatic nitrogens is 2. The van der Waals surface area contributed by atoms with E-state index in [4.69, 9.17) is 14.7 Å². The fourth-order valence-electron chi connectivity index (χ4n) is 1.79. The van der Waals surface area contributed by atoms with Gasteiger partial charge in [0.25, 0.3) is 0 Å². The molecule has 9 nitrogen and oxygen atoms in total. The van der Waals surface area contributed by atoms with Crippen molar-refractivity contribution in [2.24, 2.45) is 0 Å². The predicted molar refractivity (Wildman–Crippen MR) is 95.9 cm³/mol. The highest BCUT2D eigenvalue weighted by molar-refractivity contribution is 5.55. The van der Waals surface area contributed by atoms with Gasteiger partial charge >= 0.3 is 11.7 Å². The summed E-state index contributed by atoms with van der Waals surface area (Å²) in [6, 6.07) is 8.91. The minimum Gasteiger partial charge on any atom is -0.461 e. The minimum absolute atomic E-state index is 0.0278. The average Bonchev–Trinajstić information content (AvgIpc) is 2.68. The molecule has 0 aliphatic heterocycles. The van der Waals surface area contributed by atoms with Crippen LogP contribution in [0.25, 0.3) is 0 Å². The molecule has 1 aromatic carbocycles. The minimum atomic E-state index is -0.569. The molecule has 9 heteroatoms. The lowest BCUT2D eigenvalue weighted by Crippen LogP contribution is -2.10. The van der Waals surface area contributed by atoms with Crippen LogP contribution in [0.5, 0.6) is 6.01 Å². The number of nitriles is 1. The van der Waals surface area contributed by atoms with Crippen molar-refractivity contribution in [1.82, 2.24) is 9.97 Å². The lowest BCUT2D eigenvalue weighted by molar-refractivity contribution is -0.384.